The van der Waals surface area contributed by atoms with E-state index in [0.29, 0.717) is 6.07 Å². The number of methoxy groups -OCH3 is 1. The summed E-state index contributed by atoms with van der Waals surface area (Å²) in [7, 11) is 1.18. The number of Topliss-reactive ketones (excluding diaryl/α,β-unsaturated/α-hetero) is 1. The topological polar surface area (TPSA) is 74.1 Å². The van der Waals surface area contributed by atoms with Gasteiger partial charge in [-0.3, -0.25) is 4.79 Å². The number of rotatable bonds is 4. The van der Waals surface area contributed by atoms with E-state index in [4.69, 9.17) is 0 Å². The minimum atomic E-state index is -0.845. The number of ketones is 1. The molecular formula is C12H9F2N3O3. The minimum absolute atomic E-state index is 0.0641. The molecule has 1 aromatic carbocycles. The van der Waals surface area contributed by atoms with Gasteiger partial charge < -0.3 is 4.74 Å². The molecule has 0 fully saturated rings. The molecule has 104 valence electrons. The van der Waals surface area contributed by atoms with Crippen LogP contribution in [0.5, 0.6) is 0 Å². The van der Waals surface area contributed by atoms with E-state index in [-0.39, 0.29) is 17.8 Å². The molecule has 2 rings (SSSR count). The third-order valence-electron chi connectivity index (χ3n) is 2.42. The lowest BCUT2D eigenvalue weighted by Gasteiger charge is -2.01. The van der Waals surface area contributed by atoms with Crippen LogP contribution in [0.4, 0.5) is 8.78 Å². The van der Waals surface area contributed by atoms with Gasteiger partial charge in [-0.1, -0.05) is 5.21 Å². The lowest BCUT2D eigenvalue weighted by Crippen LogP contribution is -2.11. The largest absolute Gasteiger partial charge is 0.464 e. The average Bonchev–Trinajstić information content (AvgIpc) is 2.85. The lowest BCUT2D eigenvalue weighted by atomic mass is 10.1. The van der Waals surface area contributed by atoms with Crippen LogP contribution < -0.4 is 0 Å². The molecule has 0 bridgehead atoms. The van der Waals surface area contributed by atoms with E-state index in [1.54, 1.807) is 0 Å². The second-order valence-electron chi connectivity index (χ2n) is 3.87. The van der Waals surface area contributed by atoms with Gasteiger partial charge in [-0.15, -0.1) is 5.10 Å². The van der Waals surface area contributed by atoms with E-state index >= 15 is 0 Å². The van der Waals surface area contributed by atoms with Gasteiger partial charge in [0.2, 0.25) is 0 Å². The van der Waals surface area contributed by atoms with Crippen molar-refractivity contribution >= 4 is 11.8 Å². The van der Waals surface area contributed by atoms with Crippen LogP contribution >= 0.6 is 0 Å². The van der Waals surface area contributed by atoms with E-state index in [1.165, 1.54) is 13.3 Å². The van der Waals surface area contributed by atoms with Gasteiger partial charge in [0.15, 0.2) is 11.5 Å². The van der Waals surface area contributed by atoms with Crippen LogP contribution in [0.15, 0.2) is 24.4 Å². The number of carbonyl (C=O) groups is 2. The number of aromatic nitrogens is 3. The van der Waals surface area contributed by atoms with Gasteiger partial charge in [0.1, 0.15) is 18.2 Å². The molecule has 0 aliphatic carbocycles. The normalized spacial score (nSPS) is 10.3. The van der Waals surface area contributed by atoms with Crippen molar-refractivity contribution in [3.63, 3.8) is 0 Å². The molecule has 0 N–H and O–H groups in total. The van der Waals surface area contributed by atoms with Crippen LogP contribution in [0.1, 0.15) is 20.8 Å². The zero-order chi connectivity index (χ0) is 14.7. The zero-order valence-corrected chi connectivity index (χ0v) is 10.3. The summed E-state index contributed by atoms with van der Waals surface area (Å²) in [6.45, 7) is -0.299. The van der Waals surface area contributed by atoms with Crippen LogP contribution in [-0.2, 0) is 11.3 Å². The van der Waals surface area contributed by atoms with Crippen LogP contribution in [0.2, 0.25) is 0 Å². The molecule has 0 unspecified atom stereocenters. The van der Waals surface area contributed by atoms with Gasteiger partial charge in [0.25, 0.3) is 0 Å². The third-order valence-corrected chi connectivity index (χ3v) is 2.42. The summed E-state index contributed by atoms with van der Waals surface area (Å²) in [6, 6.07) is 2.51. The highest BCUT2D eigenvalue weighted by Crippen LogP contribution is 2.09. The van der Waals surface area contributed by atoms with Gasteiger partial charge in [-0.2, -0.15) is 0 Å². The number of carbonyl (C=O) groups excluding carboxylic acids is 2. The zero-order valence-electron chi connectivity index (χ0n) is 10.3. The Kier molecular flexibility index (Phi) is 3.83. The standard InChI is InChI=1S/C12H9F2N3O3/c1-20-12(19)10-5-17(16-15-10)6-11(18)7-2-8(13)4-9(14)3-7/h2-5H,6H2,1H3. The molecule has 0 atom stereocenters. The molecule has 0 aliphatic rings. The van der Waals surface area contributed by atoms with Crippen LogP contribution in [0.25, 0.3) is 0 Å². The number of nitrogens with zero attached hydrogens (tertiary/aromatic N) is 3. The maximum atomic E-state index is 13.0. The molecule has 20 heavy (non-hydrogen) atoms. The number of hydrogen-bond acceptors (Lipinski definition) is 5. The highest BCUT2D eigenvalue weighted by Gasteiger charge is 2.14. The molecule has 1 heterocycles. The molecule has 1 aromatic heterocycles. The quantitative estimate of drug-likeness (QED) is 0.622. The molecule has 0 saturated carbocycles. The molecule has 0 aliphatic heterocycles. The summed E-state index contributed by atoms with van der Waals surface area (Å²) >= 11 is 0. The summed E-state index contributed by atoms with van der Waals surface area (Å²) in [5.74, 6) is -2.95. The molecule has 0 amide bonds. The van der Waals surface area contributed by atoms with Crippen LogP contribution in [0.3, 0.4) is 0 Å². The van der Waals surface area contributed by atoms with E-state index < -0.39 is 23.4 Å². The van der Waals surface area contributed by atoms with Crippen molar-refractivity contribution in [2.75, 3.05) is 7.11 Å². The van der Waals surface area contributed by atoms with Gasteiger partial charge in [-0.25, -0.2) is 18.3 Å². The smallest absolute Gasteiger partial charge is 0.360 e. The fourth-order valence-electron chi connectivity index (χ4n) is 1.53. The molecule has 2 aromatic rings. The van der Waals surface area contributed by atoms with E-state index in [0.717, 1.165) is 16.8 Å². The Morgan fingerprint density at radius 1 is 1.25 bits per heavy atom. The average molecular weight is 281 g/mol. The number of halogens is 2. The van der Waals surface area contributed by atoms with Gasteiger partial charge in [0.05, 0.1) is 13.3 Å². The molecule has 0 spiro atoms. The number of esters is 1. The summed E-state index contributed by atoms with van der Waals surface area (Å²) in [5.41, 5.74) is -0.191. The Morgan fingerprint density at radius 3 is 2.50 bits per heavy atom. The summed E-state index contributed by atoms with van der Waals surface area (Å²) < 4.78 is 31.5. The molecule has 0 radical (unpaired) electrons. The monoisotopic (exact) mass is 281 g/mol. The first kappa shape index (κ1) is 13.8. The molecular weight excluding hydrogens is 272 g/mol. The maximum absolute atomic E-state index is 13.0. The number of hydrogen-bond donors (Lipinski definition) is 0. The second kappa shape index (κ2) is 5.55. The summed E-state index contributed by atoms with van der Waals surface area (Å²) in [6.07, 6.45) is 1.21. The summed E-state index contributed by atoms with van der Waals surface area (Å²) in [4.78, 5) is 23.0. The van der Waals surface area contributed by atoms with Crippen LogP contribution in [-0.4, -0.2) is 33.9 Å². The van der Waals surface area contributed by atoms with Crippen molar-refractivity contribution in [3.8, 4) is 0 Å². The highest BCUT2D eigenvalue weighted by molar-refractivity contribution is 5.96. The maximum Gasteiger partial charge on any atom is 0.360 e. The fraction of sp³-hybridized carbons (Fsp3) is 0.167. The Hall–Kier alpha value is -2.64. The Balaban J connectivity index is 2.15. The van der Waals surface area contributed by atoms with E-state index in [1.807, 2.05) is 0 Å². The Morgan fingerprint density at radius 2 is 1.90 bits per heavy atom. The molecule has 8 heteroatoms. The van der Waals surface area contributed by atoms with Crippen molar-refractivity contribution < 1.29 is 23.1 Å². The van der Waals surface area contributed by atoms with Crippen LogP contribution in [0, 0.1) is 11.6 Å². The second-order valence-corrected chi connectivity index (χ2v) is 3.87. The lowest BCUT2D eigenvalue weighted by molar-refractivity contribution is 0.0593. The Labute approximate surface area is 112 Å². The van der Waals surface area contributed by atoms with Gasteiger partial charge >= 0.3 is 5.97 Å². The summed E-state index contributed by atoms with van der Waals surface area (Å²) in [5, 5.41) is 7.06. The van der Waals surface area contributed by atoms with Gasteiger partial charge in [0, 0.05) is 11.6 Å². The van der Waals surface area contributed by atoms with Crippen molar-refractivity contribution in [2.45, 2.75) is 6.54 Å². The van der Waals surface area contributed by atoms with E-state index in [2.05, 4.69) is 15.0 Å². The van der Waals surface area contributed by atoms with Crippen molar-refractivity contribution in [1.82, 2.24) is 15.0 Å². The molecule has 0 saturated heterocycles. The van der Waals surface area contributed by atoms with Gasteiger partial charge in [-0.05, 0) is 12.1 Å². The number of ether oxygens (including phenoxy) is 1. The predicted octanol–water partition coefficient (Wildman–Crippen LogP) is 1.23. The van der Waals surface area contributed by atoms with Crippen molar-refractivity contribution in [1.29, 1.82) is 0 Å². The highest BCUT2D eigenvalue weighted by atomic mass is 19.1. The first-order chi connectivity index (χ1) is 9.49. The predicted molar refractivity (Wildman–Crippen MR) is 62.1 cm³/mol. The van der Waals surface area contributed by atoms with Crippen molar-refractivity contribution in [2.24, 2.45) is 0 Å². The third kappa shape index (κ3) is 3.02. The number of benzene rings is 1. The fourth-order valence-corrected chi connectivity index (χ4v) is 1.53. The first-order valence-corrected chi connectivity index (χ1v) is 5.47. The first-order valence-electron chi connectivity index (χ1n) is 5.47. The molecule has 6 nitrogen and oxygen atoms in total. The Bertz CT molecular complexity index is 649. The van der Waals surface area contributed by atoms with Crippen molar-refractivity contribution in [3.05, 3.63) is 47.3 Å². The SMILES string of the molecule is COC(=O)c1cn(CC(=O)c2cc(F)cc(F)c2)nn1. The van der Waals surface area contributed by atoms with E-state index in [9.17, 15) is 18.4 Å². The minimum Gasteiger partial charge on any atom is -0.464 e.